The van der Waals surface area contributed by atoms with Crippen molar-refractivity contribution in [1.29, 1.82) is 0 Å². The molecule has 2 aliphatic heterocycles. The zero-order chi connectivity index (χ0) is 23.9. The van der Waals surface area contributed by atoms with Crippen molar-refractivity contribution in [3.05, 3.63) is 72.3 Å². The Morgan fingerprint density at radius 1 is 1.09 bits per heavy atom. The average Bonchev–Trinajstić information content (AvgIpc) is 3.44. The van der Waals surface area contributed by atoms with Crippen molar-refractivity contribution in [3.8, 4) is 0 Å². The molecule has 2 fully saturated rings. The summed E-state index contributed by atoms with van der Waals surface area (Å²) in [4.78, 5) is 34.5. The van der Waals surface area contributed by atoms with E-state index >= 15 is 0 Å². The number of fused-ring (bicyclic) bond motifs is 1. The minimum absolute atomic E-state index is 0.0527. The van der Waals surface area contributed by atoms with Gasteiger partial charge in [-0.2, -0.15) is 0 Å². The summed E-state index contributed by atoms with van der Waals surface area (Å²) in [6, 6.07) is 12.6. The van der Waals surface area contributed by atoms with E-state index in [4.69, 9.17) is 0 Å². The summed E-state index contributed by atoms with van der Waals surface area (Å²) in [5.41, 5.74) is 2.43. The molecule has 2 aromatic heterocycles. The summed E-state index contributed by atoms with van der Waals surface area (Å²) in [5.74, 6) is -0.277. The van der Waals surface area contributed by atoms with E-state index in [9.17, 15) is 18.0 Å². The largest absolute Gasteiger partial charge is 0.336 e. The Hall–Kier alpha value is -3.24. The molecule has 34 heavy (non-hydrogen) atoms. The minimum atomic E-state index is -3.51. The highest BCUT2D eigenvalue weighted by Gasteiger charge is 2.43. The molecule has 0 saturated carbocycles. The Labute approximate surface area is 198 Å². The number of hydrogen-bond donors (Lipinski definition) is 1. The summed E-state index contributed by atoms with van der Waals surface area (Å²) in [5, 5.41) is 0. The van der Waals surface area contributed by atoms with E-state index in [0.717, 1.165) is 17.3 Å². The van der Waals surface area contributed by atoms with Gasteiger partial charge in [0.1, 0.15) is 6.04 Å². The van der Waals surface area contributed by atoms with E-state index in [1.165, 1.54) is 0 Å². The number of nitrogens with one attached hydrogen (secondary N) is 1. The smallest absolute Gasteiger partial charge is 0.256 e. The fraction of sp³-hybridized carbons (Fsp3) is 0.375. The van der Waals surface area contributed by atoms with E-state index in [2.05, 4.69) is 21.8 Å². The fourth-order valence-electron chi connectivity index (χ4n) is 5.22. The van der Waals surface area contributed by atoms with Gasteiger partial charge in [0.05, 0.1) is 35.9 Å². The molecule has 0 radical (unpaired) electrons. The van der Waals surface area contributed by atoms with Crippen LogP contribution in [0, 0.1) is 0 Å². The summed E-state index contributed by atoms with van der Waals surface area (Å²) in [6.07, 6.45) is 7.36. The second-order valence-corrected chi connectivity index (χ2v) is 10.8. The summed E-state index contributed by atoms with van der Waals surface area (Å²) in [7, 11) is -3.51. The van der Waals surface area contributed by atoms with Crippen molar-refractivity contribution in [3.63, 3.8) is 0 Å². The van der Waals surface area contributed by atoms with Crippen molar-refractivity contribution in [2.24, 2.45) is 0 Å². The van der Waals surface area contributed by atoms with Crippen molar-refractivity contribution in [1.82, 2.24) is 23.9 Å². The molecule has 9 nitrogen and oxygen atoms in total. The van der Waals surface area contributed by atoms with Crippen LogP contribution >= 0.6 is 0 Å². The van der Waals surface area contributed by atoms with Gasteiger partial charge < -0.3 is 14.2 Å². The quantitative estimate of drug-likeness (QED) is 0.595. The third-order valence-corrected chi connectivity index (χ3v) is 7.49. The van der Waals surface area contributed by atoms with Gasteiger partial charge in [0.25, 0.3) is 5.91 Å². The molecule has 0 unspecified atom stereocenters. The molecule has 0 aliphatic carbocycles. The number of aromatic nitrogens is 2. The molecule has 2 aliphatic rings. The first kappa shape index (κ1) is 22.5. The molecule has 0 spiro atoms. The topological polar surface area (TPSA) is 104 Å². The van der Waals surface area contributed by atoms with Gasteiger partial charge in [-0.05, 0) is 30.5 Å². The number of rotatable bonds is 5. The lowest BCUT2D eigenvalue weighted by Gasteiger charge is -2.43. The molecular weight excluding hydrogens is 454 g/mol. The van der Waals surface area contributed by atoms with Crippen LogP contribution in [0.1, 0.15) is 34.7 Å². The maximum absolute atomic E-state index is 13.5. The van der Waals surface area contributed by atoms with E-state index in [0.29, 0.717) is 38.0 Å². The number of likely N-dealkylation sites (tertiary alicyclic amines) is 2. The van der Waals surface area contributed by atoms with Crippen LogP contribution in [0.15, 0.2) is 61.2 Å². The number of imidazole rings is 1. The number of hydrogen-bond acceptors (Lipinski definition) is 5. The average molecular weight is 482 g/mol. The third kappa shape index (κ3) is 4.30. The summed E-state index contributed by atoms with van der Waals surface area (Å²) < 4.78 is 27.8. The van der Waals surface area contributed by atoms with Gasteiger partial charge >= 0.3 is 0 Å². The van der Waals surface area contributed by atoms with Crippen LogP contribution < -0.4 is 4.72 Å². The maximum atomic E-state index is 13.5. The number of carbonyl (C=O) groups is 2. The zero-order valence-electron chi connectivity index (χ0n) is 18.9. The van der Waals surface area contributed by atoms with Crippen molar-refractivity contribution in [2.75, 3.05) is 25.9 Å². The number of amides is 2. The van der Waals surface area contributed by atoms with Crippen molar-refractivity contribution in [2.45, 2.75) is 30.8 Å². The van der Waals surface area contributed by atoms with E-state index in [-0.39, 0.29) is 23.8 Å². The van der Waals surface area contributed by atoms with Crippen LogP contribution in [0.4, 0.5) is 0 Å². The van der Waals surface area contributed by atoms with E-state index < -0.39 is 16.1 Å². The molecule has 10 heteroatoms. The Morgan fingerprint density at radius 3 is 2.65 bits per heavy atom. The van der Waals surface area contributed by atoms with Gasteiger partial charge in [-0.3, -0.25) is 9.59 Å². The monoisotopic (exact) mass is 481 g/mol. The van der Waals surface area contributed by atoms with Gasteiger partial charge in [0.15, 0.2) is 0 Å². The number of nitrogens with zero attached hydrogens (tertiary/aromatic N) is 4. The number of sulfonamides is 1. The van der Waals surface area contributed by atoms with Crippen molar-refractivity contribution >= 4 is 27.4 Å². The predicted molar refractivity (Wildman–Crippen MR) is 127 cm³/mol. The molecule has 178 valence electrons. The van der Waals surface area contributed by atoms with Gasteiger partial charge in [-0.1, -0.05) is 30.3 Å². The molecule has 2 amide bonds. The lowest BCUT2D eigenvalue weighted by molar-refractivity contribution is -0.132. The van der Waals surface area contributed by atoms with Crippen LogP contribution in [0.3, 0.4) is 0 Å². The fourth-order valence-corrected chi connectivity index (χ4v) is 5.96. The molecular formula is C24H27N5O4S. The standard InChI is InChI=1S/C24H27N5O4S/c1-34(32,33)26-20-10-13-29(24(20)31)22-15-27(12-9-18(22)17-6-3-2-4-7-17)23(30)19-8-5-11-28-16-25-14-21(19)28/h2-8,11,14,16,18,20,22,26H,9-10,12-13,15H2,1H3/t18-,20-,22+/m0/s1. The first-order valence-electron chi connectivity index (χ1n) is 11.3. The number of carbonyl (C=O) groups excluding carboxylic acids is 2. The molecule has 1 aromatic carbocycles. The second kappa shape index (κ2) is 8.84. The van der Waals surface area contributed by atoms with E-state index in [1.807, 2.05) is 34.9 Å². The number of benzene rings is 1. The number of piperidine rings is 1. The Kier molecular flexibility index (Phi) is 5.86. The molecule has 0 bridgehead atoms. The second-order valence-electron chi connectivity index (χ2n) is 9.00. The Morgan fingerprint density at radius 2 is 1.88 bits per heavy atom. The number of pyridine rings is 1. The SMILES string of the molecule is CS(=O)(=O)N[C@H]1CCN([C@@H]2CN(C(=O)c3cccn4cncc34)CC[C@H]2c2ccccc2)C1=O. The maximum Gasteiger partial charge on any atom is 0.256 e. The van der Waals surface area contributed by atoms with Crippen LogP contribution in [-0.2, 0) is 14.8 Å². The van der Waals surface area contributed by atoms with Gasteiger partial charge in [-0.15, -0.1) is 0 Å². The van der Waals surface area contributed by atoms with Crippen LogP contribution in [0.5, 0.6) is 0 Å². The molecule has 2 saturated heterocycles. The lowest BCUT2D eigenvalue weighted by atomic mass is 9.84. The normalized spacial score (nSPS) is 23.6. The molecule has 1 N–H and O–H groups in total. The predicted octanol–water partition coefficient (Wildman–Crippen LogP) is 1.48. The third-order valence-electron chi connectivity index (χ3n) is 6.78. The lowest BCUT2D eigenvalue weighted by Crippen LogP contribution is -2.55. The molecule has 4 heterocycles. The molecule has 3 aromatic rings. The first-order chi connectivity index (χ1) is 16.3. The Bertz CT molecular complexity index is 1320. The highest BCUT2D eigenvalue weighted by atomic mass is 32.2. The molecule has 3 atom stereocenters. The van der Waals surface area contributed by atoms with Gasteiger partial charge in [0.2, 0.25) is 15.9 Å². The summed E-state index contributed by atoms with van der Waals surface area (Å²) in [6.45, 7) is 1.39. The van der Waals surface area contributed by atoms with Gasteiger partial charge in [0, 0.05) is 31.7 Å². The summed E-state index contributed by atoms with van der Waals surface area (Å²) >= 11 is 0. The first-order valence-corrected chi connectivity index (χ1v) is 13.2. The van der Waals surface area contributed by atoms with Crippen molar-refractivity contribution < 1.29 is 18.0 Å². The minimum Gasteiger partial charge on any atom is -0.336 e. The van der Waals surface area contributed by atoms with Crippen LogP contribution in [-0.4, -0.2) is 77.4 Å². The van der Waals surface area contributed by atoms with E-state index in [1.54, 1.807) is 28.4 Å². The zero-order valence-corrected chi connectivity index (χ0v) is 19.7. The van der Waals surface area contributed by atoms with Crippen LogP contribution in [0.2, 0.25) is 0 Å². The van der Waals surface area contributed by atoms with Crippen LogP contribution in [0.25, 0.3) is 5.52 Å². The highest BCUT2D eigenvalue weighted by Crippen LogP contribution is 2.34. The Balaban J connectivity index is 1.44. The molecule has 5 rings (SSSR count). The highest BCUT2D eigenvalue weighted by molar-refractivity contribution is 7.88. The van der Waals surface area contributed by atoms with Gasteiger partial charge in [-0.25, -0.2) is 18.1 Å².